The predicted octanol–water partition coefficient (Wildman–Crippen LogP) is 3.04. The van der Waals surface area contributed by atoms with E-state index >= 15 is 0 Å². The zero-order valence-electron chi connectivity index (χ0n) is 12.5. The van der Waals surface area contributed by atoms with Crippen LogP contribution in [-0.2, 0) is 6.42 Å². The highest BCUT2D eigenvalue weighted by atomic mass is 19.1. The van der Waals surface area contributed by atoms with E-state index in [0.29, 0.717) is 11.8 Å². The second-order valence-electron chi connectivity index (χ2n) is 5.42. The lowest BCUT2D eigenvalue weighted by Crippen LogP contribution is -2.25. The van der Waals surface area contributed by atoms with Gasteiger partial charge in [-0.1, -0.05) is 12.1 Å². The fraction of sp³-hybridized carbons (Fsp3) is 0.235. The summed E-state index contributed by atoms with van der Waals surface area (Å²) in [6.45, 7) is 3.86. The highest BCUT2D eigenvalue weighted by Crippen LogP contribution is 2.14. The Morgan fingerprint density at radius 3 is 2.77 bits per heavy atom. The van der Waals surface area contributed by atoms with Crippen molar-refractivity contribution in [2.24, 2.45) is 0 Å². The number of hydrogen-bond donors (Lipinski definition) is 0. The molecule has 0 N–H and O–H groups in total. The van der Waals surface area contributed by atoms with E-state index in [4.69, 9.17) is 0 Å². The number of nitrogens with zero attached hydrogens (tertiary/aromatic N) is 3. The number of hydrogen-bond acceptors (Lipinski definition) is 3. The molecule has 0 saturated heterocycles. The second kappa shape index (κ2) is 5.67. The summed E-state index contributed by atoms with van der Waals surface area (Å²) < 4.78 is 15.2. The molecule has 5 heteroatoms. The Bertz CT molecular complexity index is 888. The summed E-state index contributed by atoms with van der Waals surface area (Å²) in [5, 5.41) is 0.298. The van der Waals surface area contributed by atoms with Crippen LogP contribution in [0, 0.1) is 12.7 Å². The fourth-order valence-corrected chi connectivity index (χ4v) is 2.56. The normalized spacial score (nSPS) is 12.5. The van der Waals surface area contributed by atoms with Crippen molar-refractivity contribution in [2.45, 2.75) is 26.3 Å². The molecule has 0 aliphatic rings. The molecule has 2 heterocycles. The van der Waals surface area contributed by atoms with E-state index in [-0.39, 0.29) is 17.1 Å². The van der Waals surface area contributed by atoms with Crippen molar-refractivity contribution in [3.63, 3.8) is 0 Å². The molecule has 0 aliphatic heterocycles. The van der Waals surface area contributed by atoms with E-state index in [0.717, 1.165) is 11.4 Å². The molecule has 22 heavy (non-hydrogen) atoms. The molecule has 0 fully saturated rings. The van der Waals surface area contributed by atoms with Crippen molar-refractivity contribution in [1.82, 2.24) is 14.5 Å². The van der Waals surface area contributed by atoms with Crippen molar-refractivity contribution < 1.29 is 4.39 Å². The van der Waals surface area contributed by atoms with Gasteiger partial charge in [0.2, 0.25) is 0 Å². The molecular weight excluding hydrogens is 281 g/mol. The monoisotopic (exact) mass is 297 g/mol. The maximum absolute atomic E-state index is 13.7. The third-order valence-electron chi connectivity index (χ3n) is 3.69. The average Bonchev–Trinajstić information content (AvgIpc) is 2.48. The first kappa shape index (κ1) is 14.4. The SMILES string of the molecule is Cc1cccc(C[C@H](C)n2cnc3c(F)cccc3c2=O)n1. The van der Waals surface area contributed by atoms with E-state index in [1.807, 2.05) is 32.0 Å². The minimum Gasteiger partial charge on any atom is -0.295 e. The van der Waals surface area contributed by atoms with Crippen molar-refractivity contribution in [2.75, 3.05) is 0 Å². The molecule has 0 saturated carbocycles. The molecule has 0 bridgehead atoms. The van der Waals surface area contributed by atoms with E-state index in [2.05, 4.69) is 9.97 Å². The molecule has 112 valence electrons. The van der Waals surface area contributed by atoms with Crippen LogP contribution in [0.5, 0.6) is 0 Å². The molecule has 4 nitrogen and oxygen atoms in total. The summed E-state index contributed by atoms with van der Waals surface area (Å²) in [4.78, 5) is 21.1. The van der Waals surface area contributed by atoms with Crippen LogP contribution in [-0.4, -0.2) is 14.5 Å². The van der Waals surface area contributed by atoms with Gasteiger partial charge in [0.1, 0.15) is 11.3 Å². The Hall–Kier alpha value is -2.56. The van der Waals surface area contributed by atoms with E-state index < -0.39 is 5.82 Å². The van der Waals surface area contributed by atoms with Crippen LogP contribution in [0.25, 0.3) is 10.9 Å². The van der Waals surface area contributed by atoms with Crippen LogP contribution in [0.2, 0.25) is 0 Å². The number of rotatable bonds is 3. The zero-order chi connectivity index (χ0) is 15.7. The molecule has 3 rings (SSSR count). The Balaban J connectivity index is 1.99. The number of benzene rings is 1. The van der Waals surface area contributed by atoms with Gasteiger partial charge in [-0.2, -0.15) is 0 Å². The maximum atomic E-state index is 13.7. The predicted molar refractivity (Wildman–Crippen MR) is 83.4 cm³/mol. The molecular formula is C17H16FN3O. The smallest absolute Gasteiger partial charge is 0.261 e. The highest BCUT2D eigenvalue weighted by Gasteiger charge is 2.13. The molecule has 0 aliphatic carbocycles. The van der Waals surface area contributed by atoms with Gasteiger partial charge in [-0.3, -0.25) is 14.3 Å². The molecule has 0 radical (unpaired) electrons. The summed E-state index contributed by atoms with van der Waals surface area (Å²) in [6, 6.07) is 10.1. The lowest BCUT2D eigenvalue weighted by molar-refractivity contribution is 0.516. The van der Waals surface area contributed by atoms with Crippen molar-refractivity contribution in [3.8, 4) is 0 Å². The van der Waals surface area contributed by atoms with E-state index in [1.165, 1.54) is 23.0 Å². The number of fused-ring (bicyclic) bond motifs is 1. The minimum absolute atomic E-state index is 0.109. The molecule has 0 spiro atoms. The molecule has 0 amide bonds. The summed E-state index contributed by atoms with van der Waals surface area (Å²) in [6.07, 6.45) is 2.03. The molecule has 3 aromatic rings. The van der Waals surface area contributed by atoms with Crippen LogP contribution in [0.3, 0.4) is 0 Å². The summed E-state index contributed by atoms with van der Waals surface area (Å²) in [5.41, 5.74) is 1.74. The van der Waals surface area contributed by atoms with Gasteiger partial charge >= 0.3 is 0 Å². The van der Waals surface area contributed by atoms with Crippen LogP contribution < -0.4 is 5.56 Å². The minimum atomic E-state index is -0.477. The number of para-hydroxylation sites is 1. The first-order chi connectivity index (χ1) is 10.6. The van der Waals surface area contributed by atoms with Crippen molar-refractivity contribution >= 4 is 10.9 Å². The Kier molecular flexibility index (Phi) is 3.71. The number of halogens is 1. The summed E-state index contributed by atoms with van der Waals surface area (Å²) in [7, 11) is 0. The van der Waals surface area contributed by atoms with Crippen molar-refractivity contribution in [3.05, 3.63) is 70.3 Å². The van der Waals surface area contributed by atoms with Gasteiger partial charge in [0, 0.05) is 23.9 Å². The molecule has 1 aromatic carbocycles. The lowest BCUT2D eigenvalue weighted by atomic mass is 10.1. The number of aryl methyl sites for hydroxylation is 1. The van der Waals surface area contributed by atoms with Gasteiger partial charge in [0.15, 0.2) is 0 Å². The topological polar surface area (TPSA) is 47.8 Å². The van der Waals surface area contributed by atoms with Crippen LogP contribution in [0.15, 0.2) is 47.5 Å². The quantitative estimate of drug-likeness (QED) is 0.746. The van der Waals surface area contributed by atoms with E-state index in [1.54, 1.807) is 6.07 Å². The molecule has 1 atom stereocenters. The highest BCUT2D eigenvalue weighted by molar-refractivity contribution is 5.77. The number of aromatic nitrogens is 3. The third kappa shape index (κ3) is 2.62. The van der Waals surface area contributed by atoms with Crippen LogP contribution in [0.1, 0.15) is 24.4 Å². The van der Waals surface area contributed by atoms with Gasteiger partial charge < -0.3 is 0 Å². The average molecular weight is 297 g/mol. The first-order valence-electron chi connectivity index (χ1n) is 7.14. The fourth-order valence-electron chi connectivity index (χ4n) is 2.56. The summed E-state index contributed by atoms with van der Waals surface area (Å²) >= 11 is 0. The number of pyridine rings is 1. The maximum Gasteiger partial charge on any atom is 0.261 e. The molecule has 0 unspecified atom stereocenters. The standard InChI is InChI=1S/C17H16FN3O/c1-11-5-3-6-13(20-11)9-12(2)21-10-19-16-14(17(21)22)7-4-8-15(16)18/h3-8,10,12H,9H2,1-2H3/t12-/m0/s1. The van der Waals surface area contributed by atoms with Gasteiger partial charge in [-0.25, -0.2) is 9.37 Å². The third-order valence-corrected chi connectivity index (χ3v) is 3.69. The molecule has 2 aromatic heterocycles. The van der Waals surface area contributed by atoms with Crippen LogP contribution in [0.4, 0.5) is 4.39 Å². The van der Waals surface area contributed by atoms with Gasteiger partial charge in [0.25, 0.3) is 5.56 Å². The van der Waals surface area contributed by atoms with Crippen molar-refractivity contribution in [1.29, 1.82) is 0 Å². The van der Waals surface area contributed by atoms with Gasteiger partial charge in [-0.15, -0.1) is 0 Å². The second-order valence-corrected chi connectivity index (χ2v) is 5.42. The van der Waals surface area contributed by atoms with Crippen LogP contribution >= 0.6 is 0 Å². The Morgan fingerprint density at radius 2 is 2.00 bits per heavy atom. The summed E-state index contributed by atoms with van der Waals surface area (Å²) in [5.74, 6) is -0.477. The van der Waals surface area contributed by atoms with Gasteiger partial charge in [-0.05, 0) is 38.1 Å². The first-order valence-corrected chi connectivity index (χ1v) is 7.14. The van der Waals surface area contributed by atoms with Gasteiger partial charge in [0.05, 0.1) is 11.7 Å². The Labute approximate surface area is 127 Å². The largest absolute Gasteiger partial charge is 0.295 e. The van der Waals surface area contributed by atoms with E-state index in [9.17, 15) is 9.18 Å². The lowest BCUT2D eigenvalue weighted by Gasteiger charge is -2.15. The zero-order valence-corrected chi connectivity index (χ0v) is 12.5. The Morgan fingerprint density at radius 1 is 1.23 bits per heavy atom.